The zero-order valence-corrected chi connectivity index (χ0v) is 13.4. The highest BCUT2D eigenvalue weighted by atomic mass is 79.9. The van der Waals surface area contributed by atoms with Crippen molar-refractivity contribution in [3.63, 3.8) is 0 Å². The number of nitrogens with two attached hydrogens (primary N) is 1. The van der Waals surface area contributed by atoms with Crippen molar-refractivity contribution in [1.82, 2.24) is 5.32 Å². The molecule has 0 aliphatic rings. The van der Waals surface area contributed by atoms with Gasteiger partial charge in [0.2, 0.25) is 5.91 Å². The SMILES string of the molecule is CCC(C)C(N)C(=O)NC(C)Cc1ccc(Br)cc1. The molecule has 0 fully saturated rings. The Morgan fingerprint density at radius 1 is 1.32 bits per heavy atom. The zero-order chi connectivity index (χ0) is 14.4. The van der Waals surface area contributed by atoms with Crippen LogP contribution in [0.2, 0.25) is 0 Å². The van der Waals surface area contributed by atoms with Gasteiger partial charge in [0.25, 0.3) is 0 Å². The van der Waals surface area contributed by atoms with Crippen LogP contribution in [0.25, 0.3) is 0 Å². The Balaban J connectivity index is 2.48. The van der Waals surface area contributed by atoms with Crippen LogP contribution >= 0.6 is 15.9 Å². The smallest absolute Gasteiger partial charge is 0.237 e. The van der Waals surface area contributed by atoms with Crippen LogP contribution in [-0.2, 0) is 11.2 Å². The Bertz CT molecular complexity index is 405. The van der Waals surface area contributed by atoms with E-state index in [1.165, 1.54) is 5.56 Å². The molecular weight excluding hydrogens is 304 g/mol. The summed E-state index contributed by atoms with van der Waals surface area (Å²) in [5, 5.41) is 2.98. The van der Waals surface area contributed by atoms with Gasteiger partial charge in [-0.3, -0.25) is 4.79 Å². The maximum Gasteiger partial charge on any atom is 0.237 e. The number of nitrogens with one attached hydrogen (secondary N) is 1. The van der Waals surface area contributed by atoms with Crippen LogP contribution in [0, 0.1) is 5.92 Å². The van der Waals surface area contributed by atoms with E-state index in [1.807, 2.05) is 32.9 Å². The Morgan fingerprint density at radius 2 is 1.89 bits per heavy atom. The fraction of sp³-hybridized carbons (Fsp3) is 0.533. The van der Waals surface area contributed by atoms with Crippen LogP contribution < -0.4 is 11.1 Å². The summed E-state index contributed by atoms with van der Waals surface area (Å²) in [5.74, 6) is 0.152. The van der Waals surface area contributed by atoms with Gasteiger partial charge in [-0.05, 0) is 37.0 Å². The third kappa shape index (κ3) is 5.33. The molecule has 106 valence electrons. The molecule has 4 heteroatoms. The predicted octanol–water partition coefficient (Wildman–Crippen LogP) is 2.87. The second-order valence-electron chi connectivity index (χ2n) is 5.15. The first-order valence-corrected chi connectivity index (χ1v) is 7.53. The molecule has 0 bridgehead atoms. The number of rotatable bonds is 6. The molecule has 19 heavy (non-hydrogen) atoms. The number of hydrogen-bond donors (Lipinski definition) is 2. The summed E-state index contributed by atoms with van der Waals surface area (Å²) in [6.45, 7) is 6.05. The van der Waals surface area contributed by atoms with Crippen LogP contribution in [0.3, 0.4) is 0 Å². The van der Waals surface area contributed by atoms with Gasteiger partial charge in [-0.25, -0.2) is 0 Å². The zero-order valence-electron chi connectivity index (χ0n) is 11.8. The summed E-state index contributed by atoms with van der Waals surface area (Å²) < 4.78 is 1.06. The molecule has 0 aliphatic heterocycles. The average molecular weight is 327 g/mol. The monoisotopic (exact) mass is 326 g/mol. The number of amides is 1. The summed E-state index contributed by atoms with van der Waals surface area (Å²) in [4.78, 5) is 12.0. The molecule has 0 aliphatic carbocycles. The number of benzene rings is 1. The number of carbonyl (C=O) groups is 1. The molecule has 0 heterocycles. The molecule has 0 saturated heterocycles. The molecule has 0 aromatic heterocycles. The number of carbonyl (C=O) groups excluding carboxylic acids is 1. The van der Waals surface area contributed by atoms with E-state index in [4.69, 9.17) is 5.73 Å². The lowest BCUT2D eigenvalue weighted by atomic mass is 9.98. The number of halogens is 1. The normalized spacial score (nSPS) is 15.6. The molecule has 0 spiro atoms. The van der Waals surface area contributed by atoms with Crippen LogP contribution in [-0.4, -0.2) is 18.0 Å². The van der Waals surface area contributed by atoms with E-state index in [2.05, 4.69) is 33.4 Å². The van der Waals surface area contributed by atoms with Gasteiger partial charge in [-0.15, -0.1) is 0 Å². The number of hydrogen-bond acceptors (Lipinski definition) is 2. The van der Waals surface area contributed by atoms with Crippen LogP contribution in [0.4, 0.5) is 0 Å². The van der Waals surface area contributed by atoms with Crippen molar-refractivity contribution in [2.75, 3.05) is 0 Å². The third-order valence-corrected chi connectivity index (χ3v) is 3.93. The first kappa shape index (κ1) is 16.2. The predicted molar refractivity (Wildman–Crippen MR) is 82.9 cm³/mol. The average Bonchev–Trinajstić information content (AvgIpc) is 2.39. The van der Waals surface area contributed by atoms with Crippen LogP contribution in [0.5, 0.6) is 0 Å². The Hall–Kier alpha value is -0.870. The lowest BCUT2D eigenvalue weighted by molar-refractivity contribution is -0.124. The third-order valence-electron chi connectivity index (χ3n) is 3.40. The van der Waals surface area contributed by atoms with E-state index in [9.17, 15) is 4.79 Å². The van der Waals surface area contributed by atoms with Crippen molar-refractivity contribution in [3.05, 3.63) is 34.3 Å². The van der Waals surface area contributed by atoms with Gasteiger partial charge >= 0.3 is 0 Å². The Labute approximate surface area is 124 Å². The summed E-state index contributed by atoms with van der Waals surface area (Å²) in [5.41, 5.74) is 7.12. The standard InChI is InChI=1S/C15H23BrN2O/c1-4-10(2)14(17)15(19)18-11(3)9-12-5-7-13(16)8-6-12/h5-8,10-11,14H,4,9,17H2,1-3H3,(H,18,19). The Kier molecular flexibility index (Phi) is 6.52. The van der Waals surface area contributed by atoms with E-state index in [-0.39, 0.29) is 17.9 Å². The molecule has 1 rings (SSSR count). The van der Waals surface area contributed by atoms with Gasteiger partial charge in [-0.1, -0.05) is 48.3 Å². The maximum absolute atomic E-state index is 12.0. The topological polar surface area (TPSA) is 55.1 Å². The van der Waals surface area contributed by atoms with E-state index in [0.29, 0.717) is 0 Å². The van der Waals surface area contributed by atoms with Crippen molar-refractivity contribution < 1.29 is 4.79 Å². The van der Waals surface area contributed by atoms with Gasteiger partial charge in [0, 0.05) is 10.5 Å². The van der Waals surface area contributed by atoms with Crippen molar-refractivity contribution in [1.29, 1.82) is 0 Å². The van der Waals surface area contributed by atoms with Gasteiger partial charge in [0.15, 0.2) is 0 Å². The summed E-state index contributed by atoms with van der Waals surface area (Å²) in [6, 6.07) is 7.80. The van der Waals surface area contributed by atoms with Gasteiger partial charge in [0.05, 0.1) is 6.04 Å². The summed E-state index contributed by atoms with van der Waals surface area (Å²) in [7, 11) is 0. The molecule has 3 N–H and O–H groups in total. The van der Waals surface area contributed by atoms with E-state index in [1.54, 1.807) is 0 Å². The van der Waals surface area contributed by atoms with Crippen molar-refractivity contribution >= 4 is 21.8 Å². The van der Waals surface area contributed by atoms with Crippen molar-refractivity contribution in [2.24, 2.45) is 11.7 Å². The van der Waals surface area contributed by atoms with E-state index < -0.39 is 6.04 Å². The second-order valence-corrected chi connectivity index (χ2v) is 6.07. The molecule has 3 nitrogen and oxygen atoms in total. The minimum absolute atomic E-state index is 0.0565. The lowest BCUT2D eigenvalue weighted by Crippen LogP contribution is -2.48. The second kappa shape index (κ2) is 7.65. The van der Waals surface area contributed by atoms with Crippen LogP contribution in [0.1, 0.15) is 32.8 Å². The van der Waals surface area contributed by atoms with E-state index in [0.717, 1.165) is 17.3 Å². The summed E-state index contributed by atoms with van der Waals surface area (Å²) in [6.07, 6.45) is 1.72. The first-order chi connectivity index (χ1) is 8.93. The molecule has 0 radical (unpaired) electrons. The Morgan fingerprint density at radius 3 is 2.42 bits per heavy atom. The first-order valence-electron chi connectivity index (χ1n) is 6.74. The maximum atomic E-state index is 12.0. The minimum Gasteiger partial charge on any atom is -0.352 e. The van der Waals surface area contributed by atoms with Gasteiger partial charge in [-0.2, -0.15) is 0 Å². The van der Waals surface area contributed by atoms with Gasteiger partial charge in [0.1, 0.15) is 0 Å². The largest absolute Gasteiger partial charge is 0.352 e. The quantitative estimate of drug-likeness (QED) is 0.844. The fourth-order valence-corrected chi connectivity index (χ4v) is 2.14. The molecule has 3 unspecified atom stereocenters. The summed E-state index contributed by atoms with van der Waals surface area (Å²) >= 11 is 3.41. The molecular formula is C15H23BrN2O. The van der Waals surface area contributed by atoms with Gasteiger partial charge < -0.3 is 11.1 Å². The highest BCUT2D eigenvalue weighted by Crippen LogP contribution is 2.12. The van der Waals surface area contributed by atoms with Crippen molar-refractivity contribution in [3.8, 4) is 0 Å². The molecule has 1 aromatic rings. The minimum atomic E-state index is -0.419. The lowest BCUT2D eigenvalue weighted by Gasteiger charge is -2.21. The molecule has 1 aromatic carbocycles. The fourth-order valence-electron chi connectivity index (χ4n) is 1.88. The molecule has 1 amide bonds. The highest BCUT2D eigenvalue weighted by molar-refractivity contribution is 9.10. The molecule has 0 saturated carbocycles. The molecule has 3 atom stereocenters. The van der Waals surface area contributed by atoms with Crippen molar-refractivity contribution in [2.45, 2.75) is 45.7 Å². The van der Waals surface area contributed by atoms with Crippen LogP contribution in [0.15, 0.2) is 28.7 Å². The van der Waals surface area contributed by atoms with E-state index >= 15 is 0 Å². The highest BCUT2D eigenvalue weighted by Gasteiger charge is 2.20.